The fourth-order valence-electron chi connectivity index (χ4n) is 3.96. The Morgan fingerprint density at radius 1 is 1.00 bits per heavy atom. The molecule has 1 aromatic rings. The fraction of sp³-hybridized carbons (Fsp3) is 0.667. The van der Waals surface area contributed by atoms with Gasteiger partial charge >= 0.3 is 0 Å². The number of aryl methyl sites for hydroxylation is 2. The molecule has 2 aliphatic rings. The van der Waals surface area contributed by atoms with Gasteiger partial charge in [0.15, 0.2) is 0 Å². The van der Waals surface area contributed by atoms with Crippen molar-refractivity contribution in [2.24, 2.45) is 5.73 Å². The van der Waals surface area contributed by atoms with E-state index in [-0.39, 0.29) is 0 Å². The van der Waals surface area contributed by atoms with Crippen LogP contribution in [-0.4, -0.2) is 48.1 Å². The molecule has 1 atom stereocenters. The lowest BCUT2D eigenvalue weighted by molar-refractivity contribution is 0.151. The molecule has 1 aromatic carbocycles. The van der Waals surface area contributed by atoms with E-state index in [1.54, 1.807) is 0 Å². The van der Waals surface area contributed by atoms with Crippen LogP contribution in [0.5, 0.6) is 0 Å². The van der Waals surface area contributed by atoms with E-state index in [4.69, 9.17) is 5.73 Å². The van der Waals surface area contributed by atoms with Gasteiger partial charge in [0.2, 0.25) is 0 Å². The van der Waals surface area contributed by atoms with E-state index in [1.165, 1.54) is 62.1 Å². The van der Waals surface area contributed by atoms with E-state index in [2.05, 4.69) is 41.8 Å². The van der Waals surface area contributed by atoms with Crippen LogP contribution in [0, 0.1) is 13.8 Å². The quantitative estimate of drug-likeness (QED) is 0.926. The molecule has 0 amide bonds. The molecule has 2 heterocycles. The lowest BCUT2D eigenvalue weighted by atomic mass is 10.0. The van der Waals surface area contributed by atoms with Gasteiger partial charge < -0.3 is 5.73 Å². The van der Waals surface area contributed by atoms with Gasteiger partial charge in [0.25, 0.3) is 0 Å². The summed E-state index contributed by atoms with van der Waals surface area (Å²) in [6, 6.07) is 8.12. The molecule has 2 aliphatic heterocycles. The zero-order valence-corrected chi connectivity index (χ0v) is 13.5. The third-order valence-electron chi connectivity index (χ3n) is 5.03. The molecule has 21 heavy (non-hydrogen) atoms. The predicted molar refractivity (Wildman–Crippen MR) is 88.4 cm³/mol. The van der Waals surface area contributed by atoms with Crippen LogP contribution in [0.3, 0.4) is 0 Å². The van der Waals surface area contributed by atoms with Gasteiger partial charge in [-0.1, -0.05) is 29.3 Å². The van der Waals surface area contributed by atoms with Crippen molar-refractivity contribution in [2.45, 2.75) is 51.7 Å². The summed E-state index contributed by atoms with van der Waals surface area (Å²) in [4.78, 5) is 5.29. The van der Waals surface area contributed by atoms with E-state index in [0.29, 0.717) is 6.04 Å². The first-order valence-corrected chi connectivity index (χ1v) is 8.39. The normalized spacial score (nSPS) is 25.6. The minimum absolute atomic E-state index is 0.439. The Morgan fingerprint density at radius 2 is 1.67 bits per heavy atom. The topological polar surface area (TPSA) is 32.5 Å². The number of nitrogens with zero attached hydrogens (tertiary/aromatic N) is 2. The molecule has 2 saturated heterocycles. The van der Waals surface area contributed by atoms with Gasteiger partial charge in [0.05, 0.1) is 0 Å². The van der Waals surface area contributed by atoms with E-state index < -0.39 is 0 Å². The van der Waals surface area contributed by atoms with Crippen molar-refractivity contribution < 1.29 is 0 Å². The number of benzene rings is 1. The summed E-state index contributed by atoms with van der Waals surface area (Å²) < 4.78 is 0. The minimum Gasteiger partial charge on any atom is -0.328 e. The first-order chi connectivity index (χ1) is 10.1. The summed E-state index contributed by atoms with van der Waals surface area (Å²) in [5, 5.41) is 0. The predicted octanol–water partition coefficient (Wildman–Crippen LogP) is 2.30. The first kappa shape index (κ1) is 15.0. The van der Waals surface area contributed by atoms with Gasteiger partial charge in [-0.05, 0) is 51.8 Å². The molecule has 3 rings (SSSR count). The summed E-state index contributed by atoms with van der Waals surface area (Å²) in [7, 11) is 0. The van der Waals surface area contributed by atoms with E-state index in [9.17, 15) is 0 Å². The Morgan fingerprint density at radius 3 is 2.33 bits per heavy atom. The molecule has 2 fully saturated rings. The van der Waals surface area contributed by atoms with Gasteiger partial charge in [0.1, 0.15) is 0 Å². The van der Waals surface area contributed by atoms with Crippen molar-refractivity contribution >= 4 is 0 Å². The average Bonchev–Trinajstić information content (AvgIpc) is 2.87. The van der Waals surface area contributed by atoms with Gasteiger partial charge in [-0.2, -0.15) is 0 Å². The number of likely N-dealkylation sites (tertiary alicyclic amines) is 2. The SMILES string of the molecule is Cc1cc(C)cc(CN2CCC(N3CCC(N)CC3)C2)c1. The Labute approximate surface area is 129 Å². The molecule has 2 N–H and O–H groups in total. The van der Waals surface area contributed by atoms with E-state index in [0.717, 1.165) is 12.6 Å². The standard InChI is InChI=1S/C18H29N3/c1-14-9-15(2)11-16(10-14)12-20-6-5-18(13-20)21-7-3-17(19)4-8-21/h9-11,17-18H,3-8,12-13,19H2,1-2H3. The van der Waals surface area contributed by atoms with Crippen molar-refractivity contribution in [1.29, 1.82) is 0 Å². The second kappa shape index (κ2) is 6.47. The smallest absolute Gasteiger partial charge is 0.0235 e. The lowest BCUT2D eigenvalue weighted by Gasteiger charge is -2.34. The highest BCUT2D eigenvalue weighted by Crippen LogP contribution is 2.22. The molecule has 0 saturated carbocycles. The van der Waals surface area contributed by atoms with Crippen LogP contribution in [0.1, 0.15) is 36.0 Å². The Balaban J connectivity index is 1.54. The molecule has 0 aromatic heterocycles. The molecule has 0 bridgehead atoms. The van der Waals surface area contributed by atoms with Crippen LogP contribution < -0.4 is 5.73 Å². The zero-order chi connectivity index (χ0) is 14.8. The Kier molecular flexibility index (Phi) is 4.63. The van der Waals surface area contributed by atoms with Crippen LogP contribution in [0.25, 0.3) is 0 Å². The molecular formula is C18H29N3. The summed E-state index contributed by atoms with van der Waals surface area (Å²) in [6.45, 7) is 10.3. The van der Waals surface area contributed by atoms with Crippen molar-refractivity contribution in [3.05, 3.63) is 34.9 Å². The maximum absolute atomic E-state index is 6.02. The summed E-state index contributed by atoms with van der Waals surface area (Å²) in [5.41, 5.74) is 10.2. The average molecular weight is 287 g/mol. The Hall–Kier alpha value is -0.900. The highest BCUT2D eigenvalue weighted by molar-refractivity contribution is 5.28. The van der Waals surface area contributed by atoms with Crippen molar-refractivity contribution in [1.82, 2.24) is 9.80 Å². The maximum Gasteiger partial charge on any atom is 0.0235 e. The maximum atomic E-state index is 6.02. The van der Waals surface area contributed by atoms with Gasteiger partial charge in [0, 0.05) is 31.7 Å². The second-order valence-corrected chi connectivity index (χ2v) is 7.05. The molecule has 3 nitrogen and oxygen atoms in total. The molecule has 1 unspecified atom stereocenters. The summed E-state index contributed by atoms with van der Waals surface area (Å²) >= 11 is 0. The highest BCUT2D eigenvalue weighted by Gasteiger charge is 2.29. The van der Waals surface area contributed by atoms with Gasteiger partial charge in [-0.25, -0.2) is 0 Å². The Bertz CT molecular complexity index is 457. The van der Waals surface area contributed by atoms with Crippen LogP contribution in [0.15, 0.2) is 18.2 Å². The molecule has 3 heteroatoms. The monoisotopic (exact) mass is 287 g/mol. The van der Waals surface area contributed by atoms with Crippen LogP contribution in [0.4, 0.5) is 0 Å². The first-order valence-electron chi connectivity index (χ1n) is 8.39. The van der Waals surface area contributed by atoms with Gasteiger partial charge in [-0.15, -0.1) is 0 Å². The molecule has 0 aliphatic carbocycles. The molecular weight excluding hydrogens is 258 g/mol. The van der Waals surface area contributed by atoms with E-state index in [1.807, 2.05) is 0 Å². The lowest BCUT2D eigenvalue weighted by Crippen LogP contribution is -2.46. The number of piperidine rings is 1. The summed E-state index contributed by atoms with van der Waals surface area (Å²) in [6.07, 6.45) is 3.67. The number of hydrogen-bond acceptors (Lipinski definition) is 3. The summed E-state index contributed by atoms with van der Waals surface area (Å²) in [5.74, 6) is 0. The van der Waals surface area contributed by atoms with Crippen molar-refractivity contribution in [3.8, 4) is 0 Å². The third kappa shape index (κ3) is 3.85. The van der Waals surface area contributed by atoms with Gasteiger partial charge in [-0.3, -0.25) is 9.80 Å². The van der Waals surface area contributed by atoms with Crippen molar-refractivity contribution in [2.75, 3.05) is 26.2 Å². The number of rotatable bonds is 3. The second-order valence-electron chi connectivity index (χ2n) is 7.05. The van der Waals surface area contributed by atoms with Crippen LogP contribution >= 0.6 is 0 Å². The zero-order valence-electron chi connectivity index (χ0n) is 13.5. The van der Waals surface area contributed by atoms with Crippen LogP contribution in [-0.2, 0) is 6.54 Å². The molecule has 0 spiro atoms. The van der Waals surface area contributed by atoms with E-state index >= 15 is 0 Å². The highest BCUT2D eigenvalue weighted by atomic mass is 15.3. The third-order valence-corrected chi connectivity index (χ3v) is 5.03. The molecule has 0 radical (unpaired) electrons. The number of hydrogen-bond donors (Lipinski definition) is 1. The minimum atomic E-state index is 0.439. The largest absolute Gasteiger partial charge is 0.328 e. The fourth-order valence-corrected chi connectivity index (χ4v) is 3.96. The molecule has 116 valence electrons. The number of nitrogens with two attached hydrogens (primary N) is 1. The van der Waals surface area contributed by atoms with Crippen molar-refractivity contribution in [3.63, 3.8) is 0 Å². The van der Waals surface area contributed by atoms with Crippen LogP contribution in [0.2, 0.25) is 0 Å².